The summed E-state index contributed by atoms with van der Waals surface area (Å²) in [5.41, 5.74) is 6.27. The lowest BCUT2D eigenvalue weighted by molar-refractivity contribution is -0.136. The molecule has 41 heavy (non-hydrogen) atoms. The molecule has 5 rings (SSSR count). The van der Waals surface area contributed by atoms with Crippen LogP contribution in [0.3, 0.4) is 0 Å². The fourth-order valence-electron chi connectivity index (χ4n) is 3.69. The van der Waals surface area contributed by atoms with Crippen molar-refractivity contribution in [3.05, 3.63) is 157 Å². The van der Waals surface area contributed by atoms with Gasteiger partial charge in [-0.05, 0) is 34.7 Å². The number of carbonyl (C=O) groups is 3. The highest BCUT2D eigenvalue weighted by atomic mass is 16.4. The van der Waals surface area contributed by atoms with E-state index in [9.17, 15) is 9.59 Å². The molecule has 5 heteroatoms. The van der Waals surface area contributed by atoms with Crippen LogP contribution in [0.4, 0.5) is 0 Å². The number of carbonyl (C=O) groups excluding carboxylic acids is 1. The molecule has 0 bridgehead atoms. The maximum absolute atomic E-state index is 11.4. The second kappa shape index (κ2) is 18.1. The SMILES string of the molecule is CC(=O)O.CC(=O)c1ccccc1-c1ccccc1.O=C(O)Cc1ccccc1.c1ccc(-c2ccccc2)cc1. The number of hydrogen-bond acceptors (Lipinski definition) is 3. The number of carboxylic acids is 2. The Hall–Kier alpha value is -5.29. The number of carboxylic acid groups (broad SMARTS) is 2. The molecule has 5 aromatic rings. The van der Waals surface area contributed by atoms with Gasteiger partial charge >= 0.3 is 5.97 Å². The smallest absolute Gasteiger partial charge is 0.307 e. The minimum atomic E-state index is -0.833. The van der Waals surface area contributed by atoms with Crippen LogP contribution >= 0.6 is 0 Å². The summed E-state index contributed by atoms with van der Waals surface area (Å²) < 4.78 is 0. The lowest BCUT2D eigenvalue weighted by Crippen LogP contribution is -1.98. The van der Waals surface area contributed by atoms with E-state index in [0.29, 0.717) is 0 Å². The highest BCUT2D eigenvalue weighted by Gasteiger charge is 2.07. The minimum Gasteiger partial charge on any atom is -0.481 e. The zero-order chi connectivity index (χ0) is 29.9. The third kappa shape index (κ3) is 12.9. The summed E-state index contributed by atoms with van der Waals surface area (Å²) in [5, 5.41) is 15.8. The Bertz CT molecular complexity index is 1420. The molecule has 0 aromatic heterocycles. The van der Waals surface area contributed by atoms with Gasteiger partial charge in [0, 0.05) is 12.5 Å². The first kappa shape index (κ1) is 31.9. The van der Waals surface area contributed by atoms with Crippen molar-refractivity contribution in [1.82, 2.24) is 0 Å². The van der Waals surface area contributed by atoms with Crippen molar-refractivity contribution in [3.63, 3.8) is 0 Å². The summed E-state index contributed by atoms with van der Waals surface area (Å²) >= 11 is 0. The fraction of sp³-hybridized carbons (Fsp3) is 0.0833. The molecule has 2 N–H and O–H groups in total. The Morgan fingerprint density at radius 1 is 0.488 bits per heavy atom. The zero-order valence-electron chi connectivity index (χ0n) is 23.2. The van der Waals surface area contributed by atoms with Gasteiger partial charge in [-0.25, -0.2) is 0 Å². The van der Waals surface area contributed by atoms with Crippen molar-refractivity contribution in [2.24, 2.45) is 0 Å². The molecule has 0 unspecified atom stereocenters. The maximum atomic E-state index is 11.4. The quantitative estimate of drug-likeness (QED) is 0.216. The van der Waals surface area contributed by atoms with Gasteiger partial charge in [0.05, 0.1) is 6.42 Å². The molecule has 0 heterocycles. The van der Waals surface area contributed by atoms with Crippen LogP contribution in [-0.2, 0) is 16.0 Å². The Morgan fingerprint density at radius 3 is 1.22 bits per heavy atom. The van der Waals surface area contributed by atoms with Gasteiger partial charge in [-0.15, -0.1) is 0 Å². The van der Waals surface area contributed by atoms with Gasteiger partial charge in [0.25, 0.3) is 5.97 Å². The summed E-state index contributed by atoms with van der Waals surface area (Å²) in [5.74, 6) is -1.51. The summed E-state index contributed by atoms with van der Waals surface area (Å²) in [6.45, 7) is 2.68. The molecule has 5 nitrogen and oxygen atoms in total. The van der Waals surface area contributed by atoms with Crippen LogP contribution in [0.25, 0.3) is 22.3 Å². The van der Waals surface area contributed by atoms with E-state index in [2.05, 4.69) is 48.5 Å². The summed E-state index contributed by atoms with van der Waals surface area (Å²) in [4.78, 5) is 30.6. The molecule has 0 aliphatic heterocycles. The second-order valence-electron chi connectivity index (χ2n) is 8.77. The van der Waals surface area contributed by atoms with Gasteiger partial charge < -0.3 is 10.2 Å². The first-order chi connectivity index (χ1) is 19.8. The number of benzene rings is 5. The first-order valence-corrected chi connectivity index (χ1v) is 13.0. The number of aliphatic carboxylic acids is 2. The van der Waals surface area contributed by atoms with Crippen LogP contribution in [0.1, 0.15) is 29.8 Å². The number of hydrogen-bond donors (Lipinski definition) is 2. The van der Waals surface area contributed by atoms with Crippen LogP contribution < -0.4 is 0 Å². The number of Topliss-reactive ketones (excluding diaryl/α,β-unsaturated/α-hetero) is 1. The van der Waals surface area contributed by atoms with E-state index in [1.807, 2.05) is 84.9 Å². The average Bonchev–Trinajstić information content (AvgIpc) is 2.99. The summed E-state index contributed by atoms with van der Waals surface area (Å²) in [6.07, 6.45) is 0.112. The van der Waals surface area contributed by atoms with Gasteiger partial charge in [0.2, 0.25) is 0 Å². The monoisotopic (exact) mass is 546 g/mol. The summed E-state index contributed by atoms with van der Waals surface area (Å²) in [6, 6.07) is 47.6. The predicted octanol–water partition coefficient (Wildman–Crippen LogP) is 8.31. The molecule has 0 fully saturated rings. The number of rotatable bonds is 5. The lowest BCUT2D eigenvalue weighted by Gasteiger charge is -2.06. The maximum Gasteiger partial charge on any atom is 0.307 e. The van der Waals surface area contributed by atoms with E-state index >= 15 is 0 Å². The lowest BCUT2D eigenvalue weighted by atomic mass is 9.98. The van der Waals surface area contributed by atoms with Crippen molar-refractivity contribution in [2.75, 3.05) is 0 Å². The van der Waals surface area contributed by atoms with Crippen molar-refractivity contribution >= 4 is 17.7 Å². The van der Waals surface area contributed by atoms with E-state index < -0.39 is 11.9 Å². The highest BCUT2D eigenvalue weighted by Crippen LogP contribution is 2.23. The van der Waals surface area contributed by atoms with Gasteiger partial charge in [0.15, 0.2) is 5.78 Å². The predicted molar refractivity (Wildman–Crippen MR) is 165 cm³/mol. The van der Waals surface area contributed by atoms with E-state index in [-0.39, 0.29) is 12.2 Å². The van der Waals surface area contributed by atoms with Crippen LogP contribution in [0.2, 0.25) is 0 Å². The molecule has 0 aliphatic rings. The Kier molecular flexibility index (Phi) is 14.1. The average molecular weight is 547 g/mol. The van der Waals surface area contributed by atoms with Gasteiger partial charge in [0.1, 0.15) is 0 Å². The van der Waals surface area contributed by atoms with Crippen molar-refractivity contribution in [2.45, 2.75) is 20.3 Å². The largest absolute Gasteiger partial charge is 0.481 e. The van der Waals surface area contributed by atoms with Crippen molar-refractivity contribution in [3.8, 4) is 22.3 Å². The van der Waals surface area contributed by atoms with E-state index in [1.165, 1.54) is 11.1 Å². The van der Waals surface area contributed by atoms with Crippen LogP contribution in [-0.4, -0.2) is 27.9 Å². The van der Waals surface area contributed by atoms with E-state index in [0.717, 1.165) is 29.2 Å². The number of ketones is 1. The minimum absolute atomic E-state index is 0.106. The standard InChI is InChI=1S/C14H12O.C12H10.C8H8O2.C2H4O2/c1-11(15)13-9-5-6-10-14(13)12-7-3-2-4-8-12;1-3-7-11(8-4-1)12-9-5-2-6-10-12;9-8(10)6-7-4-2-1-3-5-7;1-2(3)4/h2-10H,1H3;1-10H;1-5H,6H2,(H,9,10);1H3,(H,3,4). The first-order valence-electron chi connectivity index (χ1n) is 13.0. The molecule has 5 aromatic carbocycles. The normalized spacial score (nSPS) is 9.32. The Balaban J connectivity index is 0.000000205. The molecule has 0 atom stereocenters. The molecule has 0 aliphatic carbocycles. The van der Waals surface area contributed by atoms with Gasteiger partial charge in [-0.3, -0.25) is 14.4 Å². The third-order valence-electron chi connectivity index (χ3n) is 5.47. The molecule has 0 saturated carbocycles. The third-order valence-corrected chi connectivity index (χ3v) is 5.47. The molecular formula is C36H34O5. The Morgan fingerprint density at radius 2 is 0.829 bits per heavy atom. The van der Waals surface area contributed by atoms with Crippen LogP contribution in [0, 0.1) is 0 Å². The highest BCUT2D eigenvalue weighted by molar-refractivity contribution is 6.00. The molecule has 0 spiro atoms. The fourth-order valence-corrected chi connectivity index (χ4v) is 3.69. The molecular weight excluding hydrogens is 512 g/mol. The van der Waals surface area contributed by atoms with Gasteiger partial charge in [-0.1, -0.05) is 146 Å². The Labute approximate surface area is 241 Å². The van der Waals surface area contributed by atoms with Crippen LogP contribution in [0.5, 0.6) is 0 Å². The van der Waals surface area contributed by atoms with Crippen molar-refractivity contribution < 1.29 is 24.6 Å². The van der Waals surface area contributed by atoms with Crippen molar-refractivity contribution in [1.29, 1.82) is 0 Å². The van der Waals surface area contributed by atoms with Gasteiger partial charge in [-0.2, -0.15) is 0 Å². The van der Waals surface area contributed by atoms with E-state index in [4.69, 9.17) is 15.0 Å². The molecule has 0 amide bonds. The van der Waals surface area contributed by atoms with E-state index in [1.54, 1.807) is 19.1 Å². The van der Waals surface area contributed by atoms with Crippen LogP contribution in [0.15, 0.2) is 146 Å². The topological polar surface area (TPSA) is 91.7 Å². The molecule has 208 valence electrons. The second-order valence-corrected chi connectivity index (χ2v) is 8.77. The molecule has 0 radical (unpaired) electrons. The summed E-state index contributed by atoms with van der Waals surface area (Å²) in [7, 11) is 0. The zero-order valence-corrected chi connectivity index (χ0v) is 23.2. The molecule has 0 saturated heterocycles.